The SMILES string of the molecule is COc1ncc(-c2ccc(NC(=O)c3[nH]c(C)c(Cl)c3Cl)cc2)cc1C(=O)O. The van der Waals surface area contributed by atoms with E-state index in [-0.39, 0.29) is 22.2 Å². The maximum absolute atomic E-state index is 12.4. The molecule has 0 saturated carbocycles. The molecule has 0 spiro atoms. The molecule has 28 heavy (non-hydrogen) atoms. The normalized spacial score (nSPS) is 10.6. The fourth-order valence-corrected chi connectivity index (χ4v) is 3.01. The number of aryl methyl sites for hydroxylation is 1. The molecule has 144 valence electrons. The van der Waals surface area contributed by atoms with Gasteiger partial charge < -0.3 is 20.1 Å². The van der Waals surface area contributed by atoms with Crippen LogP contribution in [0.15, 0.2) is 36.5 Å². The molecule has 1 amide bonds. The van der Waals surface area contributed by atoms with Crippen molar-refractivity contribution in [3.05, 3.63) is 63.5 Å². The van der Waals surface area contributed by atoms with Crippen LogP contribution in [-0.2, 0) is 0 Å². The molecule has 0 atom stereocenters. The summed E-state index contributed by atoms with van der Waals surface area (Å²) in [4.78, 5) is 30.6. The molecule has 1 aromatic carbocycles. The van der Waals surface area contributed by atoms with Crippen LogP contribution in [0.4, 0.5) is 5.69 Å². The summed E-state index contributed by atoms with van der Waals surface area (Å²) >= 11 is 12.0. The smallest absolute Gasteiger partial charge is 0.341 e. The van der Waals surface area contributed by atoms with Gasteiger partial charge in [-0.25, -0.2) is 9.78 Å². The second kappa shape index (κ2) is 7.92. The van der Waals surface area contributed by atoms with Crippen molar-refractivity contribution < 1.29 is 19.4 Å². The maximum atomic E-state index is 12.4. The first-order valence-electron chi connectivity index (χ1n) is 8.04. The molecule has 0 radical (unpaired) electrons. The van der Waals surface area contributed by atoms with E-state index in [1.54, 1.807) is 31.2 Å². The number of aromatic nitrogens is 2. The van der Waals surface area contributed by atoms with Gasteiger partial charge in [0.2, 0.25) is 5.88 Å². The van der Waals surface area contributed by atoms with Crippen LogP contribution >= 0.6 is 23.2 Å². The topological polar surface area (TPSA) is 104 Å². The summed E-state index contributed by atoms with van der Waals surface area (Å²) in [5.74, 6) is -1.52. The minimum atomic E-state index is -1.13. The van der Waals surface area contributed by atoms with Gasteiger partial charge in [0.15, 0.2) is 0 Å². The molecule has 0 aliphatic heterocycles. The Morgan fingerprint density at radius 1 is 1.14 bits per heavy atom. The van der Waals surface area contributed by atoms with Crippen molar-refractivity contribution >= 4 is 40.8 Å². The third kappa shape index (κ3) is 3.81. The lowest BCUT2D eigenvalue weighted by Crippen LogP contribution is -2.12. The fourth-order valence-electron chi connectivity index (χ4n) is 2.59. The summed E-state index contributed by atoms with van der Waals surface area (Å²) < 4.78 is 4.96. The molecule has 7 nitrogen and oxygen atoms in total. The van der Waals surface area contributed by atoms with Crippen LogP contribution in [0.25, 0.3) is 11.1 Å². The number of halogens is 2. The lowest BCUT2D eigenvalue weighted by atomic mass is 10.1. The highest BCUT2D eigenvalue weighted by Gasteiger charge is 2.18. The van der Waals surface area contributed by atoms with E-state index < -0.39 is 11.9 Å². The number of nitrogens with zero attached hydrogens (tertiary/aromatic N) is 1. The molecule has 2 aromatic heterocycles. The fraction of sp³-hybridized carbons (Fsp3) is 0.105. The van der Waals surface area contributed by atoms with Crippen molar-refractivity contribution in [2.45, 2.75) is 6.92 Å². The Bertz CT molecular complexity index is 1060. The summed E-state index contributed by atoms with van der Waals surface area (Å²) in [6.07, 6.45) is 1.52. The first-order valence-corrected chi connectivity index (χ1v) is 8.80. The van der Waals surface area contributed by atoms with E-state index in [2.05, 4.69) is 15.3 Å². The van der Waals surface area contributed by atoms with Crippen LogP contribution in [0.5, 0.6) is 5.88 Å². The van der Waals surface area contributed by atoms with Crippen molar-refractivity contribution in [1.29, 1.82) is 0 Å². The van der Waals surface area contributed by atoms with Crippen molar-refractivity contribution in [1.82, 2.24) is 9.97 Å². The number of carboxylic acids is 1. The first kappa shape index (κ1) is 19.7. The number of pyridine rings is 1. The monoisotopic (exact) mass is 419 g/mol. The highest BCUT2D eigenvalue weighted by molar-refractivity contribution is 6.44. The number of aromatic amines is 1. The molecule has 3 N–H and O–H groups in total. The summed E-state index contributed by atoms with van der Waals surface area (Å²) in [6, 6.07) is 8.32. The van der Waals surface area contributed by atoms with E-state index in [9.17, 15) is 14.7 Å². The Morgan fingerprint density at radius 2 is 1.82 bits per heavy atom. The molecular formula is C19H15Cl2N3O4. The minimum absolute atomic E-state index is 0.0361. The largest absolute Gasteiger partial charge is 0.480 e. The zero-order chi connectivity index (χ0) is 20.4. The number of H-pyrrole nitrogens is 1. The molecular weight excluding hydrogens is 405 g/mol. The molecule has 3 rings (SSSR count). The number of aromatic carboxylic acids is 1. The van der Waals surface area contributed by atoms with Gasteiger partial charge in [0.1, 0.15) is 11.3 Å². The Kier molecular flexibility index (Phi) is 5.58. The number of methoxy groups -OCH3 is 1. The molecule has 2 heterocycles. The Hall–Kier alpha value is -3.03. The molecule has 3 aromatic rings. The lowest BCUT2D eigenvalue weighted by Gasteiger charge is -2.08. The summed E-state index contributed by atoms with van der Waals surface area (Å²) in [5, 5.41) is 12.5. The van der Waals surface area contributed by atoms with Crippen molar-refractivity contribution in [2.75, 3.05) is 12.4 Å². The van der Waals surface area contributed by atoms with Gasteiger partial charge in [-0.3, -0.25) is 4.79 Å². The van der Waals surface area contributed by atoms with Gasteiger partial charge >= 0.3 is 5.97 Å². The van der Waals surface area contributed by atoms with E-state index in [0.29, 0.717) is 22.0 Å². The first-order chi connectivity index (χ1) is 13.3. The van der Waals surface area contributed by atoms with Gasteiger partial charge in [0, 0.05) is 23.1 Å². The van der Waals surface area contributed by atoms with Crippen LogP contribution in [0, 0.1) is 6.92 Å². The van der Waals surface area contributed by atoms with Gasteiger partial charge in [-0.15, -0.1) is 0 Å². The van der Waals surface area contributed by atoms with E-state index in [4.69, 9.17) is 27.9 Å². The number of amides is 1. The molecule has 0 saturated heterocycles. The van der Waals surface area contributed by atoms with Crippen LogP contribution in [0.1, 0.15) is 26.5 Å². The average molecular weight is 420 g/mol. The van der Waals surface area contributed by atoms with Gasteiger partial charge in [-0.05, 0) is 30.7 Å². The number of carbonyl (C=O) groups is 2. The predicted molar refractivity (Wildman–Crippen MR) is 107 cm³/mol. The number of benzene rings is 1. The van der Waals surface area contributed by atoms with Crippen LogP contribution in [0.2, 0.25) is 10.0 Å². The molecule has 9 heteroatoms. The quantitative estimate of drug-likeness (QED) is 0.557. The second-order valence-electron chi connectivity index (χ2n) is 5.87. The number of anilines is 1. The molecule has 0 fully saturated rings. The van der Waals surface area contributed by atoms with Crippen LogP contribution < -0.4 is 10.1 Å². The third-order valence-corrected chi connectivity index (χ3v) is 4.98. The van der Waals surface area contributed by atoms with E-state index in [1.807, 2.05) is 0 Å². The minimum Gasteiger partial charge on any atom is -0.480 e. The standard InChI is InChI=1S/C19H15Cl2N3O4/c1-9-14(20)15(21)16(23-9)17(25)24-12-5-3-10(4-6-12)11-7-13(19(26)27)18(28-2)22-8-11/h3-8,23H,1-2H3,(H,24,25)(H,26,27). The number of ether oxygens (including phenoxy) is 1. The highest BCUT2D eigenvalue weighted by atomic mass is 35.5. The third-order valence-electron chi connectivity index (χ3n) is 4.03. The number of nitrogens with one attached hydrogen (secondary N) is 2. The Morgan fingerprint density at radius 3 is 2.36 bits per heavy atom. The number of hydrogen-bond acceptors (Lipinski definition) is 4. The number of carbonyl (C=O) groups excluding carboxylic acids is 1. The Balaban J connectivity index is 1.82. The van der Waals surface area contributed by atoms with Crippen molar-refractivity contribution in [3.63, 3.8) is 0 Å². The van der Waals surface area contributed by atoms with E-state index in [1.165, 1.54) is 19.4 Å². The van der Waals surface area contributed by atoms with Crippen molar-refractivity contribution in [2.24, 2.45) is 0 Å². The average Bonchev–Trinajstić information content (AvgIpc) is 2.95. The second-order valence-corrected chi connectivity index (χ2v) is 6.63. The van der Waals surface area contributed by atoms with Crippen LogP contribution in [-0.4, -0.2) is 34.1 Å². The van der Waals surface area contributed by atoms with Gasteiger partial charge in [0.25, 0.3) is 5.91 Å². The zero-order valence-corrected chi connectivity index (χ0v) is 16.4. The molecule has 0 aliphatic rings. The Labute approximate surface area is 170 Å². The number of hydrogen-bond donors (Lipinski definition) is 3. The van der Waals surface area contributed by atoms with E-state index >= 15 is 0 Å². The predicted octanol–water partition coefficient (Wildman–Crippen LogP) is 4.65. The number of rotatable bonds is 5. The molecule has 0 unspecified atom stereocenters. The van der Waals surface area contributed by atoms with Crippen LogP contribution in [0.3, 0.4) is 0 Å². The van der Waals surface area contributed by atoms with Gasteiger partial charge in [0.05, 0.1) is 17.2 Å². The molecule has 0 aliphatic carbocycles. The van der Waals surface area contributed by atoms with E-state index in [0.717, 1.165) is 5.56 Å². The summed E-state index contributed by atoms with van der Waals surface area (Å²) in [7, 11) is 1.36. The highest BCUT2D eigenvalue weighted by Crippen LogP contribution is 2.30. The zero-order valence-electron chi connectivity index (χ0n) is 14.8. The number of carboxylic acid groups (broad SMARTS) is 1. The molecule has 0 bridgehead atoms. The maximum Gasteiger partial charge on any atom is 0.341 e. The summed E-state index contributed by atoms with van der Waals surface area (Å²) in [6.45, 7) is 1.72. The van der Waals surface area contributed by atoms with Gasteiger partial charge in [-0.2, -0.15) is 0 Å². The lowest BCUT2D eigenvalue weighted by molar-refractivity contribution is 0.0692. The van der Waals surface area contributed by atoms with Crippen molar-refractivity contribution in [3.8, 4) is 17.0 Å². The van der Waals surface area contributed by atoms with Gasteiger partial charge in [-0.1, -0.05) is 35.3 Å². The summed E-state index contributed by atoms with van der Waals surface area (Å²) in [5.41, 5.74) is 2.62.